The van der Waals surface area contributed by atoms with E-state index in [4.69, 9.17) is 9.84 Å². The third kappa shape index (κ3) is 24.7. The predicted octanol–water partition coefficient (Wildman–Crippen LogP) is 9.35. The molecule has 0 saturated carbocycles. The van der Waals surface area contributed by atoms with Crippen LogP contribution in [0.15, 0.2) is 0 Å². The fraction of sp³-hybridized carbons (Fsp3) is 0.932. The zero-order valence-corrected chi connectivity index (χ0v) is 34.8. The SMILES string of the molecule is CCCCCCCCCCCCCCCCCCN(C(=O)CCCCCCCCCCC)[C@@H]1O[C@H](CO)[C@H](O)[C@H](O)[C@@H]1NC(=O)CCCCCCC(=O)O. The van der Waals surface area contributed by atoms with Gasteiger partial charge in [0.1, 0.15) is 24.4 Å². The van der Waals surface area contributed by atoms with E-state index in [1.165, 1.54) is 116 Å². The third-order valence-corrected chi connectivity index (χ3v) is 11.1. The lowest BCUT2D eigenvalue weighted by Crippen LogP contribution is -2.68. The monoisotopic (exact) mass is 769 g/mol. The van der Waals surface area contributed by atoms with Crippen molar-refractivity contribution >= 4 is 17.8 Å². The Labute approximate surface area is 330 Å². The normalized spacial score (nSPS) is 19.9. The van der Waals surface area contributed by atoms with E-state index in [1.807, 2.05) is 0 Å². The summed E-state index contributed by atoms with van der Waals surface area (Å²) < 4.78 is 6.14. The number of aliphatic hydroxyl groups is 3. The van der Waals surface area contributed by atoms with Crippen LogP contribution in [0, 0.1) is 0 Å². The van der Waals surface area contributed by atoms with Crippen molar-refractivity contribution in [2.45, 2.75) is 250 Å². The summed E-state index contributed by atoms with van der Waals surface area (Å²) in [6, 6.07) is -1.05. The van der Waals surface area contributed by atoms with E-state index in [1.54, 1.807) is 4.90 Å². The van der Waals surface area contributed by atoms with Crippen molar-refractivity contribution in [2.24, 2.45) is 0 Å². The Balaban J connectivity index is 2.70. The molecule has 0 aromatic rings. The third-order valence-electron chi connectivity index (χ3n) is 11.1. The van der Waals surface area contributed by atoms with Crippen LogP contribution in [0.2, 0.25) is 0 Å². The standard InChI is InChI=1S/C44H84N2O8/c1-3-5-7-9-11-13-14-15-16-17-18-19-21-23-27-31-35-46(39(49)33-29-24-22-20-12-10-8-6-4-2)44-41(43(53)42(52)37(36-47)54-44)45-38(48)32-28-25-26-30-34-40(50)51/h37,41-44,47,52-53H,3-36H2,1-2H3,(H,45,48)(H,50,51)/t37-,41+,42+,43-,44-/m1/s1. The quantitative estimate of drug-likeness (QED) is 0.0392. The van der Waals surface area contributed by atoms with Crippen LogP contribution in [0.25, 0.3) is 0 Å². The van der Waals surface area contributed by atoms with Crippen molar-refractivity contribution in [2.75, 3.05) is 13.2 Å². The molecule has 1 heterocycles. The van der Waals surface area contributed by atoms with Crippen molar-refractivity contribution < 1.29 is 39.5 Å². The number of hydrogen-bond donors (Lipinski definition) is 5. The molecule has 318 valence electrons. The number of aliphatic carboxylic acids is 1. The Kier molecular flexibility index (Phi) is 32.1. The van der Waals surface area contributed by atoms with Gasteiger partial charge in [0.2, 0.25) is 11.8 Å². The second-order valence-electron chi connectivity index (χ2n) is 16.1. The summed E-state index contributed by atoms with van der Waals surface area (Å²) in [6.07, 6.45) is 28.4. The largest absolute Gasteiger partial charge is 0.481 e. The molecule has 0 radical (unpaired) electrons. The molecule has 54 heavy (non-hydrogen) atoms. The van der Waals surface area contributed by atoms with Gasteiger partial charge < -0.3 is 35.4 Å². The van der Waals surface area contributed by atoms with E-state index in [0.29, 0.717) is 38.6 Å². The lowest BCUT2D eigenvalue weighted by Gasteiger charge is -2.47. The van der Waals surface area contributed by atoms with Gasteiger partial charge in [0.05, 0.1) is 6.61 Å². The molecule has 1 fully saturated rings. The number of hydrogen-bond acceptors (Lipinski definition) is 7. The maximum Gasteiger partial charge on any atom is 0.303 e. The summed E-state index contributed by atoms with van der Waals surface area (Å²) in [5.74, 6) is -1.25. The zero-order chi connectivity index (χ0) is 39.7. The van der Waals surface area contributed by atoms with Crippen LogP contribution >= 0.6 is 0 Å². The highest BCUT2D eigenvalue weighted by Gasteiger charge is 2.48. The maximum atomic E-state index is 13.9. The van der Waals surface area contributed by atoms with Crippen molar-refractivity contribution in [3.8, 4) is 0 Å². The fourth-order valence-electron chi connectivity index (χ4n) is 7.65. The number of amides is 2. The summed E-state index contributed by atoms with van der Waals surface area (Å²) in [6.45, 7) is 4.37. The number of carboxylic acid groups (broad SMARTS) is 1. The van der Waals surface area contributed by atoms with Gasteiger partial charge in [-0.05, 0) is 25.7 Å². The number of ether oxygens (including phenoxy) is 1. The van der Waals surface area contributed by atoms with Gasteiger partial charge >= 0.3 is 5.97 Å². The Morgan fingerprint density at radius 2 is 0.926 bits per heavy atom. The number of aliphatic hydroxyl groups excluding tert-OH is 3. The van der Waals surface area contributed by atoms with E-state index in [9.17, 15) is 29.7 Å². The highest BCUT2D eigenvalue weighted by atomic mass is 16.5. The van der Waals surface area contributed by atoms with E-state index >= 15 is 0 Å². The number of rotatable bonds is 37. The second kappa shape index (κ2) is 34.5. The van der Waals surface area contributed by atoms with Gasteiger partial charge in [-0.1, -0.05) is 174 Å². The Morgan fingerprint density at radius 1 is 0.537 bits per heavy atom. The number of carbonyl (C=O) groups is 3. The molecule has 5 atom stereocenters. The number of unbranched alkanes of at least 4 members (excludes halogenated alkanes) is 26. The minimum atomic E-state index is -1.42. The van der Waals surface area contributed by atoms with Crippen molar-refractivity contribution in [1.82, 2.24) is 10.2 Å². The molecule has 0 aliphatic carbocycles. The van der Waals surface area contributed by atoms with Gasteiger partial charge in [-0.3, -0.25) is 14.4 Å². The van der Waals surface area contributed by atoms with Gasteiger partial charge in [0.15, 0.2) is 6.23 Å². The first-order chi connectivity index (χ1) is 26.3. The molecule has 10 nitrogen and oxygen atoms in total. The lowest BCUT2D eigenvalue weighted by molar-refractivity contribution is -0.231. The van der Waals surface area contributed by atoms with Crippen LogP contribution in [-0.4, -0.2) is 86.8 Å². The molecular weight excluding hydrogens is 684 g/mol. The minimum absolute atomic E-state index is 0.0955. The molecule has 1 saturated heterocycles. The molecule has 0 aromatic carbocycles. The number of carboxylic acids is 1. The van der Waals surface area contributed by atoms with Crippen molar-refractivity contribution in [3.05, 3.63) is 0 Å². The molecule has 1 aliphatic heterocycles. The second-order valence-corrected chi connectivity index (χ2v) is 16.1. The highest BCUT2D eigenvalue weighted by Crippen LogP contribution is 2.26. The van der Waals surface area contributed by atoms with Crippen molar-refractivity contribution in [1.29, 1.82) is 0 Å². The first kappa shape index (κ1) is 50.3. The Morgan fingerprint density at radius 3 is 1.35 bits per heavy atom. The molecule has 0 bridgehead atoms. The molecule has 5 N–H and O–H groups in total. The van der Waals surface area contributed by atoms with Crippen LogP contribution in [0.4, 0.5) is 0 Å². The first-order valence-electron chi connectivity index (χ1n) is 22.7. The minimum Gasteiger partial charge on any atom is -0.481 e. The summed E-state index contributed by atoms with van der Waals surface area (Å²) in [7, 11) is 0. The average molecular weight is 769 g/mol. The molecule has 2 amide bonds. The smallest absolute Gasteiger partial charge is 0.303 e. The highest BCUT2D eigenvalue weighted by molar-refractivity contribution is 5.78. The van der Waals surface area contributed by atoms with Gasteiger partial charge in [-0.2, -0.15) is 0 Å². The van der Waals surface area contributed by atoms with E-state index < -0.39 is 43.2 Å². The van der Waals surface area contributed by atoms with Gasteiger partial charge in [0, 0.05) is 25.8 Å². The summed E-state index contributed by atoms with van der Waals surface area (Å²) in [5, 5.41) is 43.7. The summed E-state index contributed by atoms with van der Waals surface area (Å²) in [4.78, 5) is 39.3. The fourth-order valence-corrected chi connectivity index (χ4v) is 7.65. The number of carbonyl (C=O) groups excluding carboxylic acids is 2. The topological polar surface area (TPSA) is 157 Å². The van der Waals surface area contributed by atoms with Crippen LogP contribution < -0.4 is 5.32 Å². The summed E-state index contributed by atoms with van der Waals surface area (Å²) in [5.41, 5.74) is 0. The molecule has 0 aromatic heterocycles. The molecule has 10 heteroatoms. The Hall–Kier alpha value is -1.75. The molecule has 1 rings (SSSR count). The van der Waals surface area contributed by atoms with Crippen molar-refractivity contribution in [3.63, 3.8) is 0 Å². The van der Waals surface area contributed by atoms with E-state index in [-0.39, 0.29) is 24.7 Å². The Bertz CT molecular complexity index is 921. The lowest BCUT2D eigenvalue weighted by atomic mass is 9.94. The van der Waals surface area contributed by atoms with E-state index in [0.717, 1.165) is 44.9 Å². The van der Waals surface area contributed by atoms with Crippen LogP contribution in [0.1, 0.15) is 219 Å². The average Bonchev–Trinajstić information content (AvgIpc) is 3.15. The molecule has 1 aliphatic rings. The zero-order valence-electron chi connectivity index (χ0n) is 34.8. The number of nitrogens with zero attached hydrogens (tertiary/aromatic N) is 1. The summed E-state index contributed by atoms with van der Waals surface area (Å²) >= 11 is 0. The predicted molar refractivity (Wildman–Crippen MR) is 218 cm³/mol. The van der Waals surface area contributed by atoms with Crippen LogP contribution in [-0.2, 0) is 19.1 Å². The number of nitrogens with one attached hydrogen (secondary N) is 1. The molecular formula is C44H84N2O8. The van der Waals surface area contributed by atoms with Gasteiger partial charge in [-0.25, -0.2) is 0 Å². The molecule has 0 spiro atoms. The van der Waals surface area contributed by atoms with E-state index in [2.05, 4.69) is 19.2 Å². The van der Waals surface area contributed by atoms with Gasteiger partial charge in [0.25, 0.3) is 0 Å². The van der Waals surface area contributed by atoms with Crippen LogP contribution in [0.3, 0.4) is 0 Å². The molecule has 0 unspecified atom stereocenters. The van der Waals surface area contributed by atoms with Crippen LogP contribution in [0.5, 0.6) is 0 Å². The maximum absolute atomic E-state index is 13.9. The first-order valence-corrected chi connectivity index (χ1v) is 22.7. The van der Waals surface area contributed by atoms with Gasteiger partial charge in [-0.15, -0.1) is 0 Å².